The second kappa shape index (κ2) is 34.7. The molecule has 0 aromatic carbocycles. The minimum absolute atomic E-state index is 0.0381. The fraction of sp³-hybridized carbons (Fsp3) is 0.951. The number of rotatable bonds is 36. The van der Waals surface area contributed by atoms with Crippen molar-refractivity contribution in [3.8, 4) is 0 Å². The van der Waals surface area contributed by atoms with E-state index in [-0.39, 0.29) is 24.1 Å². The van der Waals surface area contributed by atoms with E-state index >= 15 is 0 Å². The number of carbonyl (C=O) groups excluding carboxylic acids is 2. The molecule has 0 aliphatic rings. The lowest BCUT2D eigenvalue weighted by Crippen LogP contribution is -2.42. The minimum Gasteiger partial charge on any atom is -0.461 e. The largest absolute Gasteiger partial charge is 0.461 e. The van der Waals surface area contributed by atoms with Gasteiger partial charge in [-0.15, -0.1) is 0 Å². The van der Waals surface area contributed by atoms with Gasteiger partial charge in [-0.3, -0.25) is 14.5 Å². The van der Waals surface area contributed by atoms with Gasteiger partial charge in [-0.05, 0) is 72.1 Å². The van der Waals surface area contributed by atoms with Crippen LogP contribution in [0.3, 0.4) is 0 Å². The third kappa shape index (κ3) is 31.9. The molecule has 0 aromatic rings. The van der Waals surface area contributed by atoms with Crippen molar-refractivity contribution in [2.24, 2.45) is 0 Å². The Labute approximate surface area is 293 Å². The molecule has 0 aliphatic carbocycles. The molecule has 6 heteroatoms. The number of hydrogen-bond acceptors (Lipinski definition) is 6. The summed E-state index contributed by atoms with van der Waals surface area (Å²) in [6.45, 7) is 12.3. The molecule has 0 saturated carbocycles. The third-order valence-corrected chi connectivity index (χ3v) is 9.33. The van der Waals surface area contributed by atoms with Crippen LogP contribution in [0.2, 0.25) is 0 Å². The molecule has 2 atom stereocenters. The van der Waals surface area contributed by atoms with Gasteiger partial charge in [0.15, 0.2) is 0 Å². The van der Waals surface area contributed by atoms with Crippen molar-refractivity contribution in [1.29, 1.82) is 0 Å². The lowest BCUT2D eigenvalue weighted by molar-refractivity contribution is -0.152. The van der Waals surface area contributed by atoms with E-state index in [4.69, 9.17) is 9.47 Å². The summed E-state index contributed by atoms with van der Waals surface area (Å²) < 4.78 is 12.5. The topological polar surface area (TPSA) is 59.1 Å². The summed E-state index contributed by atoms with van der Waals surface area (Å²) >= 11 is 0. The molecule has 0 saturated heterocycles. The predicted octanol–water partition coefficient (Wildman–Crippen LogP) is 11.3. The van der Waals surface area contributed by atoms with E-state index < -0.39 is 0 Å². The Morgan fingerprint density at radius 1 is 0.447 bits per heavy atom. The minimum atomic E-state index is -0.104. The Morgan fingerprint density at radius 2 is 0.787 bits per heavy atom. The van der Waals surface area contributed by atoms with Gasteiger partial charge in [0.1, 0.15) is 12.2 Å². The quantitative estimate of drug-likeness (QED) is 0.0490. The summed E-state index contributed by atoms with van der Waals surface area (Å²) in [5, 5.41) is 0. The fourth-order valence-corrected chi connectivity index (χ4v) is 6.36. The fourth-order valence-electron chi connectivity index (χ4n) is 6.36. The molecule has 0 fully saturated rings. The van der Waals surface area contributed by atoms with Gasteiger partial charge in [-0.1, -0.05) is 143 Å². The highest BCUT2D eigenvalue weighted by Gasteiger charge is 2.23. The van der Waals surface area contributed by atoms with Crippen LogP contribution in [-0.4, -0.2) is 74.2 Å². The van der Waals surface area contributed by atoms with E-state index in [1.807, 2.05) is 0 Å². The van der Waals surface area contributed by atoms with Crippen LogP contribution in [0, 0.1) is 0 Å². The van der Waals surface area contributed by atoms with Crippen molar-refractivity contribution < 1.29 is 19.1 Å². The first kappa shape index (κ1) is 45.9. The maximum absolute atomic E-state index is 13.0. The molecule has 0 spiro atoms. The van der Waals surface area contributed by atoms with Gasteiger partial charge in [0.2, 0.25) is 0 Å². The van der Waals surface area contributed by atoms with Crippen molar-refractivity contribution in [3.05, 3.63) is 0 Å². The zero-order valence-electron chi connectivity index (χ0n) is 32.6. The first-order valence-corrected chi connectivity index (χ1v) is 20.6. The van der Waals surface area contributed by atoms with Gasteiger partial charge in [0, 0.05) is 25.9 Å². The Bertz CT molecular complexity index is 636. The average Bonchev–Trinajstić information content (AvgIpc) is 3.03. The molecule has 0 rings (SSSR count). The Kier molecular flexibility index (Phi) is 33.9. The molecule has 0 radical (unpaired) electrons. The molecular formula is C41H82N2O4. The van der Waals surface area contributed by atoms with E-state index in [0.29, 0.717) is 12.8 Å². The smallest absolute Gasteiger partial charge is 0.306 e. The van der Waals surface area contributed by atoms with Gasteiger partial charge in [0.05, 0.1) is 0 Å². The van der Waals surface area contributed by atoms with Crippen LogP contribution < -0.4 is 0 Å². The predicted molar refractivity (Wildman–Crippen MR) is 202 cm³/mol. The van der Waals surface area contributed by atoms with Gasteiger partial charge in [-0.25, -0.2) is 0 Å². The van der Waals surface area contributed by atoms with E-state index in [0.717, 1.165) is 84.0 Å². The molecule has 6 nitrogen and oxygen atoms in total. The maximum atomic E-state index is 13.0. The molecule has 0 heterocycles. The highest BCUT2D eigenvalue weighted by atomic mass is 16.5. The highest BCUT2D eigenvalue weighted by molar-refractivity contribution is 5.69. The van der Waals surface area contributed by atoms with Crippen LogP contribution >= 0.6 is 0 Å². The first-order chi connectivity index (χ1) is 22.9. The standard InChI is InChI=1S/C41H82N2O4/c1-7-11-15-19-23-25-30-38(46-40(44)32-27-21-17-13-9-3)36-43(35-29-34-42(5)6)37-39(31-26-24-20-16-12-8-2)47-41(45)33-28-22-18-14-10-4/h38-39H,7-37H2,1-6H3. The number of unbranched alkanes of at least 4 members (excludes halogenated alkanes) is 18. The van der Waals surface area contributed by atoms with Gasteiger partial charge < -0.3 is 14.4 Å². The van der Waals surface area contributed by atoms with Gasteiger partial charge in [0.25, 0.3) is 0 Å². The monoisotopic (exact) mass is 667 g/mol. The normalized spacial score (nSPS) is 12.9. The second-order valence-electron chi connectivity index (χ2n) is 14.6. The van der Waals surface area contributed by atoms with Gasteiger partial charge >= 0.3 is 11.9 Å². The Balaban J connectivity index is 5.55. The lowest BCUT2D eigenvalue weighted by atomic mass is 10.0. The van der Waals surface area contributed by atoms with E-state index in [1.54, 1.807) is 0 Å². The summed E-state index contributed by atoms with van der Waals surface area (Å²) in [6, 6.07) is 0. The number of ether oxygens (including phenoxy) is 2. The number of esters is 2. The van der Waals surface area contributed by atoms with Crippen molar-refractivity contribution in [3.63, 3.8) is 0 Å². The Morgan fingerprint density at radius 3 is 1.15 bits per heavy atom. The van der Waals surface area contributed by atoms with E-state index in [2.05, 4.69) is 51.6 Å². The zero-order valence-corrected chi connectivity index (χ0v) is 32.6. The first-order valence-electron chi connectivity index (χ1n) is 20.6. The number of carbonyl (C=O) groups is 2. The Hall–Kier alpha value is -1.14. The molecule has 0 aliphatic heterocycles. The zero-order chi connectivity index (χ0) is 34.8. The van der Waals surface area contributed by atoms with Crippen LogP contribution in [0.1, 0.15) is 201 Å². The van der Waals surface area contributed by atoms with Crippen LogP contribution in [-0.2, 0) is 19.1 Å². The van der Waals surface area contributed by atoms with Crippen LogP contribution in [0.15, 0.2) is 0 Å². The SMILES string of the molecule is CCCCCCCCC(CN(CCCN(C)C)CC(CCCCCCCC)OC(=O)CCCCCCC)OC(=O)CCCCCCC. The highest BCUT2D eigenvalue weighted by Crippen LogP contribution is 2.18. The molecule has 0 amide bonds. The van der Waals surface area contributed by atoms with Crippen molar-refractivity contribution in [2.75, 3.05) is 40.3 Å². The second-order valence-corrected chi connectivity index (χ2v) is 14.6. The number of hydrogen-bond donors (Lipinski definition) is 0. The average molecular weight is 667 g/mol. The molecule has 280 valence electrons. The summed E-state index contributed by atoms with van der Waals surface area (Å²) in [5.41, 5.74) is 0. The van der Waals surface area contributed by atoms with Crippen molar-refractivity contribution in [1.82, 2.24) is 9.80 Å². The molecule has 47 heavy (non-hydrogen) atoms. The number of nitrogens with zero attached hydrogens (tertiary/aromatic N) is 2. The van der Waals surface area contributed by atoms with Crippen LogP contribution in [0.25, 0.3) is 0 Å². The summed E-state index contributed by atoms with van der Waals surface area (Å²) in [4.78, 5) is 30.7. The van der Waals surface area contributed by atoms with E-state index in [1.165, 1.54) is 103 Å². The lowest BCUT2D eigenvalue weighted by Gasteiger charge is -2.31. The van der Waals surface area contributed by atoms with Crippen molar-refractivity contribution >= 4 is 11.9 Å². The van der Waals surface area contributed by atoms with Crippen LogP contribution in [0.4, 0.5) is 0 Å². The summed E-state index contributed by atoms with van der Waals surface area (Å²) in [7, 11) is 4.25. The third-order valence-electron chi connectivity index (χ3n) is 9.33. The van der Waals surface area contributed by atoms with Crippen molar-refractivity contribution in [2.45, 2.75) is 213 Å². The molecule has 2 unspecified atom stereocenters. The molecule has 0 N–H and O–H groups in total. The maximum Gasteiger partial charge on any atom is 0.306 e. The van der Waals surface area contributed by atoms with E-state index in [9.17, 15) is 9.59 Å². The van der Waals surface area contributed by atoms with Gasteiger partial charge in [-0.2, -0.15) is 0 Å². The summed E-state index contributed by atoms with van der Waals surface area (Å²) in [6.07, 6.45) is 29.8. The molecular weight excluding hydrogens is 584 g/mol. The summed E-state index contributed by atoms with van der Waals surface area (Å²) in [5.74, 6) is -0.0762. The van der Waals surface area contributed by atoms with Crippen LogP contribution in [0.5, 0.6) is 0 Å². The molecule has 0 bridgehead atoms. The molecule has 0 aromatic heterocycles.